The molecule has 0 aromatic rings. The molecule has 0 saturated heterocycles. The van der Waals surface area contributed by atoms with Crippen molar-refractivity contribution in [2.24, 2.45) is 0 Å². The Labute approximate surface area is 76.7 Å². The Kier molecular flexibility index (Phi) is 7.78. The average Bonchev–Trinajstić information content (AvgIpc) is 2.05. The smallest absolute Gasteiger partial charge is 0.0287 e. The highest BCUT2D eigenvalue weighted by Crippen LogP contribution is 2.02. The van der Waals surface area contributed by atoms with Gasteiger partial charge < -0.3 is 0 Å². The van der Waals surface area contributed by atoms with Gasteiger partial charge in [-0.3, -0.25) is 0 Å². The van der Waals surface area contributed by atoms with Crippen LogP contribution in [0.3, 0.4) is 0 Å². The third kappa shape index (κ3) is 7.33. The molecule has 0 spiro atoms. The largest absolute Gasteiger partial charge is 0.0958 e. The van der Waals surface area contributed by atoms with Crippen molar-refractivity contribution in [2.75, 3.05) is 0 Å². The van der Waals surface area contributed by atoms with Gasteiger partial charge in [-0.15, -0.1) is 0 Å². The molecule has 0 atom stereocenters. The van der Waals surface area contributed by atoms with Crippen molar-refractivity contribution >= 4 is 0 Å². The van der Waals surface area contributed by atoms with Crippen molar-refractivity contribution in [3.05, 3.63) is 36.5 Å². The maximum Gasteiger partial charge on any atom is -0.0287 e. The summed E-state index contributed by atoms with van der Waals surface area (Å²) in [6, 6.07) is 0. The Morgan fingerprint density at radius 1 is 1.17 bits per heavy atom. The molecule has 0 amide bonds. The lowest BCUT2D eigenvalue weighted by Crippen LogP contribution is -1.72. The molecule has 0 saturated carbocycles. The van der Waals surface area contributed by atoms with E-state index < -0.39 is 0 Å². The van der Waals surface area contributed by atoms with Gasteiger partial charge in [0.1, 0.15) is 0 Å². The molecule has 0 aliphatic heterocycles. The molecule has 0 rings (SSSR count). The van der Waals surface area contributed by atoms with Crippen LogP contribution in [0, 0.1) is 0 Å². The first-order chi connectivity index (χ1) is 5.81. The zero-order chi connectivity index (χ0) is 9.23. The molecule has 0 aromatic heterocycles. The molecule has 0 fully saturated rings. The summed E-state index contributed by atoms with van der Waals surface area (Å²) in [6.45, 7) is 8.30. The molecule has 0 unspecified atom stereocenters. The second kappa shape index (κ2) is 8.32. The van der Waals surface area contributed by atoms with Gasteiger partial charge in [0, 0.05) is 0 Å². The molecule has 12 heavy (non-hydrogen) atoms. The molecule has 0 aromatic carbocycles. The maximum atomic E-state index is 3.94. The summed E-state index contributed by atoms with van der Waals surface area (Å²) in [7, 11) is 0. The number of unbranched alkanes of at least 4 members (excludes halogenated alkanes) is 1. The van der Waals surface area contributed by atoms with Gasteiger partial charge in [0.25, 0.3) is 0 Å². The minimum absolute atomic E-state index is 1.11. The highest BCUT2D eigenvalue weighted by atomic mass is 13.9. The van der Waals surface area contributed by atoms with E-state index in [1.165, 1.54) is 24.8 Å². The van der Waals surface area contributed by atoms with Gasteiger partial charge in [-0.2, -0.15) is 0 Å². The van der Waals surface area contributed by atoms with E-state index in [1.807, 2.05) is 0 Å². The minimum atomic E-state index is 1.11. The molecule has 68 valence electrons. The zero-order valence-corrected chi connectivity index (χ0v) is 8.34. The normalized spacial score (nSPS) is 11.5. The van der Waals surface area contributed by atoms with Crippen LogP contribution in [0.2, 0.25) is 0 Å². The van der Waals surface area contributed by atoms with Crippen LogP contribution in [-0.2, 0) is 0 Å². The SMILES string of the molecule is C=C(/C=C\C=C/CCC)CCC. The fourth-order valence-electron chi connectivity index (χ4n) is 0.938. The predicted molar refractivity (Wildman–Crippen MR) is 57.2 cm³/mol. The summed E-state index contributed by atoms with van der Waals surface area (Å²) >= 11 is 0. The Morgan fingerprint density at radius 2 is 1.92 bits per heavy atom. The van der Waals surface area contributed by atoms with Crippen molar-refractivity contribution in [1.29, 1.82) is 0 Å². The third-order valence-corrected chi connectivity index (χ3v) is 1.61. The monoisotopic (exact) mass is 164 g/mol. The predicted octanol–water partition coefficient (Wildman–Crippen LogP) is 4.26. The van der Waals surface area contributed by atoms with E-state index in [2.05, 4.69) is 44.7 Å². The summed E-state index contributed by atoms with van der Waals surface area (Å²) in [4.78, 5) is 0. The topological polar surface area (TPSA) is 0 Å². The lowest BCUT2D eigenvalue weighted by Gasteiger charge is -1.92. The standard InChI is InChI=1S/C12H20/c1-4-6-7-8-9-11-12(3)10-5-2/h7-9,11H,3-6,10H2,1-2H3/b8-7-,11-9-. The lowest BCUT2D eigenvalue weighted by molar-refractivity contribution is 0.929. The van der Waals surface area contributed by atoms with Crippen LogP contribution in [0.15, 0.2) is 36.5 Å². The number of allylic oxidation sites excluding steroid dienone is 5. The fourth-order valence-corrected chi connectivity index (χ4v) is 0.938. The molecule has 0 radical (unpaired) electrons. The van der Waals surface area contributed by atoms with E-state index in [-0.39, 0.29) is 0 Å². The van der Waals surface area contributed by atoms with Crippen LogP contribution in [0.5, 0.6) is 0 Å². The maximum absolute atomic E-state index is 3.94. The van der Waals surface area contributed by atoms with E-state index >= 15 is 0 Å². The van der Waals surface area contributed by atoms with Crippen LogP contribution in [0.4, 0.5) is 0 Å². The fraction of sp³-hybridized carbons (Fsp3) is 0.500. The van der Waals surface area contributed by atoms with Crippen LogP contribution in [0.25, 0.3) is 0 Å². The summed E-state index contributed by atoms with van der Waals surface area (Å²) in [5, 5.41) is 0. The lowest BCUT2D eigenvalue weighted by atomic mass is 10.1. The van der Waals surface area contributed by atoms with Gasteiger partial charge >= 0.3 is 0 Å². The van der Waals surface area contributed by atoms with Crippen LogP contribution in [0.1, 0.15) is 39.5 Å². The van der Waals surface area contributed by atoms with E-state index in [9.17, 15) is 0 Å². The quantitative estimate of drug-likeness (QED) is 0.515. The van der Waals surface area contributed by atoms with Gasteiger partial charge in [0.15, 0.2) is 0 Å². The summed E-state index contributed by atoms with van der Waals surface area (Å²) in [6.07, 6.45) is 13.1. The molecular weight excluding hydrogens is 144 g/mol. The molecule has 0 nitrogen and oxygen atoms in total. The Balaban J connectivity index is 3.53. The minimum Gasteiger partial charge on any atom is -0.0958 e. The van der Waals surface area contributed by atoms with Crippen molar-refractivity contribution in [2.45, 2.75) is 39.5 Å². The van der Waals surface area contributed by atoms with Gasteiger partial charge in [-0.1, -0.05) is 63.1 Å². The van der Waals surface area contributed by atoms with Crippen LogP contribution >= 0.6 is 0 Å². The second-order valence-corrected chi connectivity index (χ2v) is 2.98. The van der Waals surface area contributed by atoms with E-state index in [0.717, 1.165) is 6.42 Å². The van der Waals surface area contributed by atoms with Gasteiger partial charge in [0.2, 0.25) is 0 Å². The third-order valence-electron chi connectivity index (χ3n) is 1.61. The van der Waals surface area contributed by atoms with Crippen molar-refractivity contribution in [3.63, 3.8) is 0 Å². The molecule has 0 aliphatic rings. The number of hydrogen-bond donors (Lipinski definition) is 0. The summed E-state index contributed by atoms with van der Waals surface area (Å²) in [5.74, 6) is 0. The molecule has 0 aliphatic carbocycles. The van der Waals surface area contributed by atoms with E-state index in [4.69, 9.17) is 0 Å². The molecule has 0 heterocycles. The highest BCUT2D eigenvalue weighted by molar-refractivity contribution is 5.18. The highest BCUT2D eigenvalue weighted by Gasteiger charge is 1.82. The first-order valence-electron chi connectivity index (χ1n) is 4.82. The first-order valence-corrected chi connectivity index (χ1v) is 4.82. The first kappa shape index (κ1) is 11.2. The van der Waals surface area contributed by atoms with Crippen LogP contribution < -0.4 is 0 Å². The van der Waals surface area contributed by atoms with Crippen molar-refractivity contribution in [3.8, 4) is 0 Å². The average molecular weight is 164 g/mol. The second-order valence-electron chi connectivity index (χ2n) is 2.98. The zero-order valence-electron chi connectivity index (χ0n) is 8.34. The number of hydrogen-bond acceptors (Lipinski definition) is 0. The summed E-state index contributed by atoms with van der Waals surface area (Å²) in [5.41, 5.74) is 1.22. The van der Waals surface area contributed by atoms with Gasteiger partial charge in [0.05, 0.1) is 0 Å². The van der Waals surface area contributed by atoms with E-state index in [1.54, 1.807) is 0 Å². The summed E-state index contributed by atoms with van der Waals surface area (Å²) < 4.78 is 0. The van der Waals surface area contributed by atoms with Crippen LogP contribution in [-0.4, -0.2) is 0 Å². The van der Waals surface area contributed by atoms with E-state index in [0.29, 0.717) is 0 Å². The molecule has 0 N–H and O–H groups in total. The molecular formula is C12H20. The van der Waals surface area contributed by atoms with Crippen molar-refractivity contribution in [1.82, 2.24) is 0 Å². The van der Waals surface area contributed by atoms with Gasteiger partial charge in [-0.25, -0.2) is 0 Å². The molecule has 0 bridgehead atoms. The molecule has 0 heteroatoms. The van der Waals surface area contributed by atoms with Gasteiger partial charge in [-0.05, 0) is 12.8 Å². The Hall–Kier alpha value is -0.780. The Morgan fingerprint density at radius 3 is 2.50 bits per heavy atom. The number of rotatable bonds is 6. The Bertz CT molecular complexity index is 161. The van der Waals surface area contributed by atoms with Crippen molar-refractivity contribution < 1.29 is 0 Å².